The van der Waals surface area contributed by atoms with Crippen LogP contribution in [-0.4, -0.2) is 31.6 Å². The van der Waals surface area contributed by atoms with Gasteiger partial charge in [-0.05, 0) is 0 Å². The Balaban J connectivity index is 2.21. The zero-order valence-electron chi connectivity index (χ0n) is 6.32. The lowest BCUT2D eigenvalue weighted by Crippen LogP contribution is -2.35. The van der Waals surface area contributed by atoms with Crippen LogP contribution in [0.25, 0.3) is 0 Å². The Hall–Kier alpha value is -1.14. The summed E-state index contributed by atoms with van der Waals surface area (Å²) in [4.78, 5) is 21.3. The molecule has 2 N–H and O–H groups in total. The smallest absolute Gasteiger partial charge is 0.419 e. The van der Waals surface area contributed by atoms with Crippen molar-refractivity contribution in [1.29, 1.82) is 0 Å². The van der Waals surface area contributed by atoms with E-state index in [1.54, 1.807) is 0 Å². The normalized spacial score (nSPS) is 20.9. The Labute approximate surface area is 68.6 Å². The molecule has 1 heterocycles. The van der Waals surface area contributed by atoms with Gasteiger partial charge in [0.15, 0.2) is 0 Å². The lowest BCUT2D eigenvalue weighted by atomic mass is 10.3. The van der Waals surface area contributed by atoms with E-state index in [0.29, 0.717) is 13.0 Å². The summed E-state index contributed by atoms with van der Waals surface area (Å²) in [5, 5.41) is 0. The predicted octanol–water partition coefficient (Wildman–Crippen LogP) is -1.26. The van der Waals surface area contributed by atoms with Crippen LogP contribution in [0.2, 0.25) is 0 Å². The largest absolute Gasteiger partial charge is 0.442 e. The van der Waals surface area contributed by atoms with Crippen LogP contribution in [0.4, 0.5) is 0 Å². The Morgan fingerprint density at radius 3 is 2.58 bits per heavy atom. The fraction of sp³-hybridized carbons (Fsp3) is 0.667. The van der Waals surface area contributed by atoms with E-state index in [2.05, 4.69) is 9.47 Å². The van der Waals surface area contributed by atoms with Gasteiger partial charge in [0.2, 0.25) is 6.29 Å². The van der Waals surface area contributed by atoms with Crippen molar-refractivity contribution in [1.82, 2.24) is 0 Å². The lowest BCUT2D eigenvalue weighted by molar-refractivity contribution is -0.220. The highest BCUT2D eigenvalue weighted by Crippen LogP contribution is 2.12. The third-order valence-corrected chi connectivity index (χ3v) is 1.28. The minimum absolute atomic E-state index is 0.334. The number of esters is 2. The molecular formula is C6H9NO5. The van der Waals surface area contributed by atoms with E-state index in [-0.39, 0.29) is 6.73 Å². The quantitative estimate of drug-likeness (QED) is 0.320. The molecular weight excluding hydrogens is 166 g/mol. The molecule has 0 amide bonds. The average Bonchev–Trinajstić information content (AvgIpc) is 1.97. The van der Waals surface area contributed by atoms with E-state index < -0.39 is 18.2 Å². The van der Waals surface area contributed by atoms with E-state index in [1.165, 1.54) is 0 Å². The van der Waals surface area contributed by atoms with Crippen LogP contribution < -0.4 is 5.73 Å². The summed E-state index contributed by atoms with van der Waals surface area (Å²) in [6, 6.07) is 0. The third kappa shape index (κ3) is 2.18. The molecule has 0 aliphatic carbocycles. The van der Waals surface area contributed by atoms with E-state index in [9.17, 15) is 9.59 Å². The molecule has 1 fully saturated rings. The molecule has 1 saturated heterocycles. The summed E-state index contributed by atoms with van der Waals surface area (Å²) < 4.78 is 13.4. The topological polar surface area (TPSA) is 87.9 Å². The van der Waals surface area contributed by atoms with Gasteiger partial charge in [0.05, 0.1) is 6.61 Å². The highest BCUT2D eigenvalue weighted by atomic mass is 16.7. The zero-order valence-corrected chi connectivity index (χ0v) is 6.32. The van der Waals surface area contributed by atoms with Crippen LogP contribution in [0.1, 0.15) is 6.42 Å². The van der Waals surface area contributed by atoms with Gasteiger partial charge in [-0.3, -0.25) is 5.73 Å². The van der Waals surface area contributed by atoms with Crippen molar-refractivity contribution >= 4 is 11.9 Å². The molecule has 68 valence electrons. The molecule has 1 aliphatic rings. The molecule has 0 saturated carbocycles. The van der Waals surface area contributed by atoms with E-state index in [0.717, 1.165) is 0 Å². The number of ether oxygens (including phenoxy) is 3. The maximum Gasteiger partial charge on any atom is 0.419 e. The molecule has 6 heteroatoms. The predicted molar refractivity (Wildman–Crippen MR) is 35.6 cm³/mol. The van der Waals surface area contributed by atoms with Crippen LogP contribution in [-0.2, 0) is 23.8 Å². The number of hydrogen-bond donors (Lipinski definition) is 1. The fourth-order valence-electron chi connectivity index (χ4n) is 0.609. The molecule has 1 aliphatic heterocycles. The molecule has 0 spiro atoms. The molecule has 6 nitrogen and oxygen atoms in total. The minimum atomic E-state index is -1.09. The summed E-state index contributed by atoms with van der Waals surface area (Å²) >= 11 is 0. The number of carbonyl (C=O) groups excluding carboxylic acids is 2. The van der Waals surface area contributed by atoms with Crippen molar-refractivity contribution in [3.05, 3.63) is 0 Å². The monoisotopic (exact) mass is 175 g/mol. The Kier molecular flexibility index (Phi) is 3.01. The van der Waals surface area contributed by atoms with Gasteiger partial charge in [-0.25, -0.2) is 9.59 Å². The van der Waals surface area contributed by atoms with Crippen LogP contribution in [0, 0.1) is 0 Å². The molecule has 1 atom stereocenters. The van der Waals surface area contributed by atoms with Crippen LogP contribution in [0.15, 0.2) is 0 Å². The maximum atomic E-state index is 10.7. The summed E-state index contributed by atoms with van der Waals surface area (Å²) in [5.41, 5.74) is 4.86. The van der Waals surface area contributed by atoms with Gasteiger partial charge in [0.25, 0.3) is 0 Å². The number of carbonyl (C=O) groups is 2. The van der Waals surface area contributed by atoms with E-state index in [4.69, 9.17) is 10.5 Å². The fourth-order valence-corrected chi connectivity index (χ4v) is 0.609. The first-order chi connectivity index (χ1) is 5.74. The van der Waals surface area contributed by atoms with Crippen molar-refractivity contribution in [2.45, 2.75) is 12.7 Å². The highest BCUT2D eigenvalue weighted by molar-refractivity contribution is 6.29. The minimum Gasteiger partial charge on any atom is -0.442 e. The first-order valence-corrected chi connectivity index (χ1v) is 3.43. The first-order valence-electron chi connectivity index (χ1n) is 3.43. The van der Waals surface area contributed by atoms with Gasteiger partial charge >= 0.3 is 11.9 Å². The van der Waals surface area contributed by atoms with E-state index in [1.807, 2.05) is 0 Å². The van der Waals surface area contributed by atoms with Crippen molar-refractivity contribution < 1.29 is 23.8 Å². The van der Waals surface area contributed by atoms with Gasteiger partial charge in [-0.2, -0.15) is 0 Å². The molecule has 0 radical (unpaired) electrons. The Morgan fingerprint density at radius 1 is 1.50 bits per heavy atom. The van der Waals surface area contributed by atoms with Gasteiger partial charge in [-0.1, -0.05) is 0 Å². The second-order valence-corrected chi connectivity index (χ2v) is 2.09. The molecule has 12 heavy (non-hydrogen) atoms. The molecule has 1 unspecified atom stereocenters. The summed E-state index contributed by atoms with van der Waals surface area (Å²) in [7, 11) is 0. The average molecular weight is 175 g/mol. The summed E-state index contributed by atoms with van der Waals surface area (Å²) in [6.07, 6.45) is 0.0181. The lowest BCUT2D eigenvalue weighted by Gasteiger charge is -2.24. The zero-order chi connectivity index (χ0) is 8.97. The van der Waals surface area contributed by atoms with Crippen molar-refractivity contribution in [3.8, 4) is 0 Å². The maximum absolute atomic E-state index is 10.7. The SMILES string of the molecule is NCOC(=O)C(=O)OC1CCO1. The Morgan fingerprint density at radius 2 is 2.17 bits per heavy atom. The molecule has 0 bridgehead atoms. The summed E-state index contributed by atoms with van der Waals surface area (Å²) in [6.45, 7) is 0.212. The number of hydrogen-bond acceptors (Lipinski definition) is 6. The number of rotatable bonds is 2. The molecule has 0 aromatic carbocycles. The first kappa shape index (κ1) is 8.95. The second-order valence-electron chi connectivity index (χ2n) is 2.09. The molecule has 1 rings (SSSR count). The third-order valence-electron chi connectivity index (χ3n) is 1.28. The van der Waals surface area contributed by atoms with Gasteiger partial charge in [-0.15, -0.1) is 0 Å². The second kappa shape index (κ2) is 4.03. The Bertz CT molecular complexity index is 188. The summed E-state index contributed by atoms with van der Waals surface area (Å²) in [5.74, 6) is -2.15. The van der Waals surface area contributed by atoms with Gasteiger partial charge < -0.3 is 14.2 Å². The van der Waals surface area contributed by atoms with E-state index >= 15 is 0 Å². The van der Waals surface area contributed by atoms with Gasteiger partial charge in [0.1, 0.15) is 6.73 Å². The van der Waals surface area contributed by atoms with Crippen molar-refractivity contribution in [3.63, 3.8) is 0 Å². The molecule has 0 aromatic rings. The van der Waals surface area contributed by atoms with Crippen LogP contribution >= 0.6 is 0 Å². The number of nitrogens with two attached hydrogens (primary N) is 1. The van der Waals surface area contributed by atoms with Crippen LogP contribution in [0.5, 0.6) is 0 Å². The van der Waals surface area contributed by atoms with Crippen LogP contribution in [0.3, 0.4) is 0 Å². The highest BCUT2D eigenvalue weighted by Gasteiger charge is 2.26. The van der Waals surface area contributed by atoms with Crippen molar-refractivity contribution in [2.75, 3.05) is 13.3 Å². The van der Waals surface area contributed by atoms with Gasteiger partial charge in [0, 0.05) is 6.42 Å². The standard InChI is InChI=1S/C6H9NO5/c7-3-11-5(8)6(9)12-4-1-2-10-4/h4H,1-3,7H2. The molecule has 0 aromatic heterocycles. The van der Waals surface area contributed by atoms with Crippen molar-refractivity contribution in [2.24, 2.45) is 5.73 Å².